The van der Waals surface area contributed by atoms with E-state index in [1.807, 2.05) is 11.8 Å². The van der Waals surface area contributed by atoms with Gasteiger partial charge in [-0.1, -0.05) is 6.07 Å². The van der Waals surface area contributed by atoms with Crippen molar-refractivity contribution in [3.63, 3.8) is 0 Å². The molecule has 1 aliphatic heterocycles. The first kappa shape index (κ1) is 25.5. The van der Waals surface area contributed by atoms with E-state index < -0.39 is 28.5 Å². The number of fused-ring (bicyclic) bond motifs is 2. The second kappa shape index (κ2) is 10.4. The Morgan fingerprint density at radius 2 is 1.67 bits per heavy atom. The number of nitrogens with one attached hydrogen (secondary N) is 1. The minimum Gasteiger partial charge on any atom is -0.349 e. The quantitative estimate of drug-likeness (QED) is 0.415. The Morgan fingerprint density at radius 3 is 2.44 bits per heavy atom. The minimum atomic E-state index is -0.624. The maximum Gasteiger partial charge on any atom is 0.333 e. The number of hydrogen-bond acceptors (Lipinski definition) is 7. The number of hydrogen-bond donors (Lipinski definition) is 1. The van der Waals surface area contributed by atoms with Crippen LogP contribution < -0.4 is 22.1 Å². The van der Waals surface area contributed by atoms with Crippen molar-refractivity contribution < 1.29 is 9.18 Å². The van der Waals surface area contributed by atoms with Crippen molar-refractivity contribution in [2.45, 2.75) is 56.7 Å². The largest absolute Gasteiger partial charge is 0.349 e. The number of nitrogens with zero attached hydrogens (tertiary/aromatic N) is 5. The van der Waals surface area contributed by atoms with Crippen LogP contribution in [-0.4, -0.2) is 47.0 Å². The van der Waals surface area contributed by atoms with Crippen LogP contribution >= 0.6 is 11.8 Å². The molecule has 12 heteroatoms. The zero-order valence-corrected chi connectivity index (χ0v) is 21.9. The number of amides is 1. The van der Waals surface area contributed by atoms with Crippen LogP contribution in [0.4, 0.5) is 4.39 Å². The first-order valence-corrected chi connectivity index (χ1v) is 14.2. The smallest absolute Gasteiger partial charge is 0.333 e. The van der Waals surface area contributed by atoms with Crippen molar-refractivity contribution in [2.24, 2.45) is 0 Å². The van der Waals surface area contributed by atoms with Gasteiger partial charge in [-0.05, 0) is 68.2 Å². The summed E-state index contributed by atoms with van der Waals surface area (Å²) in [5.74, 6) is 0.678. The fourth-order valence-corrected chi connectivity index (χ4v) is 6.80. The molecule has 6 rings (SSSR count). The predicted octanol–water partition coefficient (Wildman–Crippen LogP) is 2.69. The van der Waals surface area contributed by atoms with Crippen LogP contribution in [0.1, 0.15) is 61.0 Å². The zero-order valence-electron chi connectivity index (χ0n) is 21.1. The highest BCUT2D eigenvalue weighted by Crippen LogP contribution is 2.30. The molecule has 1 aliphatic carbocycles. The summed E-state index contributed by atoms with van der Waals surface area (Å²) in [6.45, 7) is 0. The van der Waals surface area contributed by atoms with Crippen LogP contribution in [0.3, 0.4) is 0 Å². The van der Waals surface area contributed by atoms with Crippen LogP contribution in [0, 0.1) is 5.82 Å². The molecule has 202 valence electrons. The summed E-state index contributed by atoms with van der Waals surface area (Å²) >= 11 is 1.82. The first-order valence-electron chi connectivity index (χ1n) is 13.1. The van der Waals surface area contributed by atoms with Gasteiger partial charge >= 0.3 is 5.69 Å². The molecular weight excluding hydrogens is 523 g/mol. The Balaban J connectivity index is 1.25. The highest BCUT2D eigenvalue weighted by Gasteiger charge is 2.30. The van der Waals surface area contributed by atoms with Gasteiger partial charge in [0.05, 0.1) is 11.6 Å². The van der Waals surface area contributed by atoms with Crippen molar-refractivity contribution in [3.8, 4) is 0 Å². The molecule has 2 aliphatic rings. The number of thioether (sulfide) groups is 1. The number of rotatable bonds is 4. The molecule has 10 nitrogen and oxygen atoms in total. The number of aromatic nitrogens is 5. The van der Waals surface area contributed by atoms with Gasteiger partial charge in [-0.2, -0.15) is 11.8 Å². The molecule has 5 heterocycles. The third kappa shape index (κ3) is 4.66. The summed E-state index contributed by atoms with van der Waals surface area (Å²) in [5, 5.41) is 3.02. The fourth-order valence-electron chi connectivity index (χ4n) is 5.72. The van der Waals surface area contributed by atoms with E-state index >= 15 is 0 Å². The molecular formula is C27H27FN6O4S. The van der Waals surface area contributed by atoms with E-state index in [-0.39, 0.29) is 34.7 Å². The Morgan fingerprint density at radius 1 is 0.923 bits per heavy atom. The molecule has 2 fully saturated rings. The summed E-state index contributed by atoms with van der Waals surface area (Å²) in [4.78, 5) is 61.2. The average molecular weight is 551 g/mol. The maximum absolute atomic E-state index is 14.1. The highest BCUT2D eigenvalue weighted by atomic mass is 32.2. The predicted molar refractivity (Wildman–Crippen MR) is 146 cm³/mol. The van der Waals surface area contributed by atoms with Gasteiger partial charge in [0.2, 0.25) is 0 Å². The Hall–Kier alpha value is -3.80. The molecule has 1 N–H and O–H groups in total. The molecule has 0 spiro atoms. The Bertz CT molecular complexity index is 1750. The highest BCUT2D eigenvalue weighted by molar-refractivity contribution is 7.99. The monoisotopic (exact) mass is 550 g/mol. The Labute approximate surface area is 225 Å². The van der Waals surface area contributed by atoms with E-state index in [2.05, 4.69) is 15.3 Å². The first-order chi connectivity index (χ1) is 18.9. The molecule has 1 saturated heterocycles. The van der Waals surface area contributed by atoms with Gasteiger partial charge in [0, 0.05) is 30.5 Å². The van der Waals surface area contributed by atoms with E-state index in [4.69, 9.17) is 0 Å². The van der Waals surface area contributed by atoms with Crippen molar-refractivity contribution in [3.05, 3.63) is 85.4 Å². The van der Waals surface area contributed by atoms with E-state index in [1.54, 1.807) is 29.0 Å². The van der Waals surface area contributed by atoms with Gasteiger partial charge in [0.15, 0.2) is 0 Å². The molecule has 0 radical (unpaired) electrons. The van der Waals surface area contributed by atoms with Crippen molar-refractivity contribution in [1.82, 2.24) is 28.8 Å². The van der Waals surface area contributed by atoms with E-state index in [9.17, 15) is 23.6 Å². The maximum atomic E-state index is 14.1. The molecule has 1 saturated carbocycles. The van der Waals surface area contributed by atoms with Crippen molar-refractivity contribution in [2.75, 3.05) is 11.5 Å². The lowest BCUT2D eigenvalue weighted by atomic mass is 9.90. The van der Waals surface area contributed by atoms with Gasteiger partial charge in [-0.15, -0.1) is 0 Å². The van der Waals surface area contributed by atoms with Gasteiger partial charge in [-0.25, -0.2) is 19.2 Å². The molecule has 4 aromatic heterocycles. The van der Waals surface area contributed by atoms with E-state index in [0.717, 1.165) is 36.6 Å². The second-order valence-electron chi connectivity index (χ2n) is 10.1. The normalized spacial score (nSPS) is 20.3. The average Bonchev–Trinajstić information content (AvgIpc) is 2.95. The second-order valence-corrected chi connectivity index (χ2v) is 11.3. The summed E-state index contributed by atoms with van der Waals surface area (Å²) in [6.07, 6.45) is 7.44. The summed E-state index contributed by atoms with van der Waals surface area (Å²) < 4.78 is 18.3. The van der Waals surface area contributed by atoms with Gasteiger partial charge in [0.25, 0.3) is 17.0 Å². The lowest BCUT2D eigenvalue weighted by Crippen LogP contribution is -2.47. The Kier molecular flexibility index (Phi) is 6.79. The standard InChI is InChI=1S/C27H27FN6O4S/c28-16-13-20-23(30-14-16)33(19-8-11-39-12-9-19)27(38)34(26(20)37)18-6-4-17(5-7-18)31-24(35)21-15-29-22-3-1-2-10-32(22)25(21)36/h1-3,10,13-15,17-19H,4-9,11-12H2,(H,31,35)/t17-,18+. The van der Waals surface area contributed by atoms with Gasteiger partial charge < -0.3 is 5.32 Å². The molecule has 0 bridgehead atoms. The van der Waals surface area contributed by atoms with Gasteiger partial charge in [0.1, 0.15) is 22.7 Å². The minimum absolute atomic E-state index is 0.0466. The van der Waals surface area contributed by atoms with Gasteiger partial charge in [-0.3, -0.25) is 27.9 Å². The third-order valence-electron chi connectivity index (χ3n) is 7.73. The molecule has 1 amide bonds. The van der Waals surface area contributed by atoms with Crippen molar-refractivity contribution in [1.29, 1.82) is 0 Å². The molecule has 0 atom stereocenters. The molecule has 0 aromatic carbocycles. The number of pyridine rings is 2. The fraction of sp³-hybridized carbons (Fsp3) is 0.407. The van der Waals surface area contributed by atoms with Crippen LogP contribution in [0.5, 0.6) is 0 Å². The number of carbonyl (C=O) groups is 1. The van der Waals surface area contributed by atoms with Crippen molar-refractivity contribution >= 4 is 34.3 Å². The number of halogens is 1. The molecule has 4 aromatic rings. The van der Waals surface area contributed by atoms with Crippen LogP contribution in [0.15, 0.2) is 57.2 Å². The van der Waals surface area contributed by atoms with E-state index in [0.29, 0.717) is 31.3 Å². The molecule has 39 heavy (non-hydrogen) atoms. The molecule has 0 unspecified atom stereocenters. The lowest BCUT2D eigenvalue weighted by Gasteiger charge is -2.31. The third-order valence-corrected chi connectivity index (χ3v) is 8.78. The van der Waals surface area contributed by atoms with Crippen LogP contribution in [0.2, 0.25) is 0 Å². The van der Waals surface area contributed by atoms with Crippen LogP contribution in [-0.2, 0) is 0 Å². The number of carbonyl (C=O) groups excluding carboxylic acids is 1. The SMILES string of the molecule is O=C(N[C@H]1CC[C@@H](n2c(=O)c3cc(F)cnc3n(C3CCSCC3)c2=O)CC1)c1cnc2ccccn2c1=O. The van der Waals surface area contributed by atoms with Crippen LogP contribution in [0.25, 0.3) is 16.7 Å². The summed E-state index contributed by atoms with van der Waals surface area (Å²) in [5.41, 5.74) is -0.757. The van der Waals surface area contributed by atoms with E-state index in [1.165, 1.54) is 15.2 Å². The topological polar surface area (TPSA) is 120 Å². The zero-order chi connectivity index (χ0) is 27.1. The summed E-state index contributed by atoms with van der Waals surface area (Å²) in [7, 11) is 0. The summed E-state index contributed by atoms with van der Waals surface area (Å²) in [6, 6.07) is 5.59. The lowest BCUT2D eigenvalue weighted by molar-refractivity contribution is 0.0919.